The highest BCUT2D eigenvalue weighted by Gasteiger charge is 2.32. The van der Waals surface area contributed by atoms with Crippen LogP contribution in [0.1, 0.15) is 27.4 Å². The van der Waals surface area contributed by atoms with Crippen LogP contribution in [-0.4, -0.2) is 21.1 Å². The Morgan fingerprint density at radius 2 is 1.78 bits per heavy atom. The van der Waals surface area contributed by atoms with E-state index in [4.69, 9.17) is 13.9 Å². The summed E-state index contributed by atoms with van der Waals surface area (Å²) in [6.07, 6.45) is -4.67. The van der Waals surface area contributed by atoms with Gasteiger partial charge in [0.25, 0.3) is 5.91 Å². The molecule has 0 aliphatic carbocycles. The predicted molar refractivity (Wildman–Crippen MR) is 105 cm³/mol. The maximum atomic E-state index is 12.9. The highest BCUT2D eigenvalue weighted by atomic mass is 32.2. The van der Waals surface area contributed by atoms with Crippen LogP contribution in [0.15, 0.2) is 63.9 Å². The van der Waals surface area contributed by atoms with Gasteiger partial charge >= 0.3 is 6.18 Å². The number of nitrogens with one attached hydrogen (secondary N) is 1. The average Bonchev–Trinajstić information content (AvgIpc) is 3.40. The second-order valence-corrected chi connectivity index (χ2v) is 8.91. The van der Waals surface area contributed by atoms with E-state index < -0.39 is 38.1 Å². The molecule has 0 spiro atoms. The Morgan fingerprint density at radius 1 is 1.00 bits per heavy atom. The van der Waals surface area contributed by atoms with E-state index in [2.05, 4.69) is 5.32 Å². The van der Waals surface area contributed by atoms with Crippen molar-refractivity contribution in [3.63, 3.8) is 0 Å². The van der Waals surface area contributed by atoms with Gasteiger partial charge in [-0.25, -0.2) is 8.42 Å². The van der Waals surface area contributed by atoms with Crippen molar-refractivity contribution in [2.45, 2.75) is 23.4 Å². The van der Waals surface area contributed by atoms with Gasteiger partial charge in [0, 0.05) is 6.54 Å². The van der Waals surface area contributed by atoms with Crippen LogP contribution in [0, 0.1) is 0 Å². The SMILES string of the molecule is O=C(NCc1ccc2c(c1)OCO2)c1ccc(CS(=O)(=O)c2cccc(C(F)(F)F)c2)o1. The highest BCUT2D eigenvalue weighted by molar-refractivity contribution is 7.90. The van der Waals surface area contributed by atoms with Crippen molar-refractivity contribution >= 4 is 15.7 Å². The van der Waals surface area contributed by atoms with Crippen LogP contribution in [0.5, 0.6) is 11.5 Å². The number of fused-ring (bicyclic) bond motifs is 1. The summed E-state index contributed by atoms with van der Waals surface area (Å²) in [5.41, 5.74) is -0.317. The molecule has 1 aliphatic rings. The lowest BCUT2D eigenvalue weighted by molar-refractivity contribution is -0.137. The van der Waals surface area contributed by atoms with Gasteiger partial charge in [0.05, 0.1) is 10.5 Å². The van der Waals surface area contributed by atoms with E-state index in [0.717, 1.165) is 23.8 Å². The van der Waals surface area contributed by atoms with E-state index in [9.17, 15) is 26.4 Å². The fourth-order valence-electron chi connectivity index (χ4n) is 3.03. The van der Waals surface area contributed by atoms with Gasteiger partial charge in [-0.1, -0.05) is 12.1 Å². The van der Waals surface area contributed by atoms with Gasteiger partial charge in [0.2, 0.25) is 6.79 Å². The zero-order valence-electron chi connectivity index (χ0n) is 16.3. The molecule has 11 heteroatoms. The molecule has 0 atom stereocenters. The average molecular weight is 467 g/mol. The first-order valence-corrected chi connectivity index (χ1v) is 10.9. The Bertz CT molecular complexity index is 1270. The van der Waals surface area contributed by atoms with E-state index in [1.807, 2.05) is 0 Å². The molecule has 4 rings (SSSR count). The molecule has 3 aromatic rings. The Hall–Kier alpha value is -3.47. The van der Waals surface area contributed by atoms with Gasteiger partial charge in [-0.3, -0.25) is 4.79 Å². The molecule has 7 nitrogen and oxygen atoms in total. The Labute approximate surface area is 180 Å². The lowest BCUT2D eigenvalue weighted by atomic mass is 10.2. The first-order valence-electron chi connectivity index (χ1n) is 9.27. The number of hydrogen-bond acceptors (Lipinski definition) is 6. The monoisotopic (exact) mass is 467 g/mol. The maximum absolute atomic E-state index is 12.9. The summed E-state index contributed by atoms with van der Waals surface area (Å²) < 4.78 is 79.4. The second kappa shape index (κ2) is 8.23. The first-order chi connectivity index (χ1) is 15.1. The molecule has 32 heavy (non-hydrogen) atoms. The Balaban J connectivity index is 1.41. The van der Waals surface area contributed by atoms with Crippen LogP contribution in [0.2, 0.25) is 0 Å². The molecule has 0 bridgehead atoms. The minimum Gasteiger partial charge on any atom is -0.455 e. The van der Waals surface area contributed by atoms with Crippen molar-refractivity contribution in [2.24, 2.45) is 0 Å². The standard InChI is InChI=1S/C21H16F3NO6S/c22-21(23,24)14-2-1-3-16(9-14)32(27,28)11-15-5-7-18(31-15)20(26)25-10-13-4-6-17-19(8-13)30-12-29-17/h1-9H,10-12H2,(H,25,26). The van der Waals surface area contributed by atoms with Crippen molar-refractivity contribution < 1.29 is 40.3 Å². The number of amides is 1. The van der Waals surface area contributed by atoms with Crippen LogP contribution < -0.4 is 14.8 Å². The maximum Gasteiger partial charge on any atom is 0.416 e. The van der Waals surface area contributed by atoms with E-state index in [-0.39, 0.29) is 24.9 Å². The van der Waals surface area contributed by atoms with Crippen molar-refractivity contribution in [2.75, 3.05) is 6.79 Å². The number of carbonyl (C=O) groups excluding carboxylic acids is 1. The van der Waals surface area contributed by atoms with Crippen LogP contribution in [0.3, 0.4) is 0 Å². The summed E-state index contributed by atoms with van der Waals surface area (Å²) >= 11 is 0. The molecular weight excluding hydrogens is 451 g/mol. The zero-order chi connectivity index (χ0) is 22.9. The molecular formula is C21H16F3NO6S. The second-order valence-electron chi connectivity index (χ2n) is 6.92. The van der Waals surface area contributed by atoms with Gasteiger partial charge in [-0.05, 0) is 48.0 Å². The van der Waals surface area contributed by atoms with Crippen LogP contribution in [-0.2, 0) is 28.3 Å². The third-order valence-electron chi connectivity index (χ3n) is 4.63. The topological polar surface area (TPSA) is 94.8 Å². The summed E-state index contributed by atoms with van der Waals surface area (Å²) in [5, 5.41) is 2.63. The molecule has 1 amide bonds. The van der Waals surface area contributed by atoms with Crippen molar-refractivity contribution in [3.05, 3.63) is 77.2 Å². The molecule has 1 N–H and O–H groups in total. The van der Waals surface area contributed by atoms with Gasteiger partial charge in [-0.2, -0.15) is 13.2 Å². The Kier molecular flexibility index (Phi) is 5.59. The molecule has 0 fully saturated rings. The summed E-state index contributed by atoms with van der Waals surface area (Å²) in [6, 6.07) is 11.2. The molecule has 2 aromatic carbocycles. The summed E-state index contributed by atoms with van der Waals surface area (Å²) in [6.45, 7) is 0.289. The summed E-state index contributed by atoms with van der Waals surface area (Å²) in [4.78, 5) is 11.8. The number of alkyl halides is 3. The molecule has 168 valence electrons. The summed E-state index contributed by atoms with van der Waals surface area (Å²) in [5.74, 6) is -0.292. The first kappa shape index (κ1) is 21.8. The summed E-state index contributed by atoms with van der Waals surface area (Å²) in [7, 11) is -4.12. The Morgan fingerprint density at radius 3 is 2.56 bits per heavy atom. The molecule has 1 aromatic heterocycles. The lowest BCUT2D eigenvalue weighted by Gasteiger charge is -2.09. The third kappa shape index (κ3) is 4.72. The number of halogens is 3. The number of ether oxygens (including phenoxy) is 2. The van der Waals surface area contributed by atoms with Gasteiger partial charge < -0.3 is 19.2 Å². The van der Waals surface area contributed by atoms with Crippen molar-refractivity contribution in [1.29, 1.82) is 0 Å². The normalized spacial score (nSPS) is 13.2. The number of rotatable bonds is 6. The van der Waals surface area contributed by atoms with Crippen LogP contribution >= 0.6 is 0 Å². The van der Waals surface area contributed by atoms with Gasteiger partial charge in [-0.15, -0.1) is 0 Å². The number of carbonyl (C=O) groups is 1. The van der Waals surface area contributed by atoms with Crippen LogP contribution in [0.25, 0.3) is 0 Å². The number of furan rings is 1. The molecule has 0 radical (unpaired) electrons. The molecule has 1 aliphatic heterocycles. The number of sulfone groups is 1. The van der Waals surface area contributed by atoms with E-state index in [0.29, 0.717) is 17.6 Å². The fraction of sp³-hybridized carbons (Fsp3) is 0.190. The lowest BCUT2D eigenvalue weighted by Crippen LogP contribution is -2.22. The smallest absolute Gasteiger partial charge is 0.416 e. The van der Waals surface area contributed by atoms with E-state index in [1.54, 1.807) is 18.2 Å². The van der Waals surface area contributed by atoms with Gasteiger partial charge in [0.15, 0.2) is 27.1 Å². The van der Waals surface area contributed by atoms with Crippen molar-refractivity contribution in [3.8, 4) is 11.5 Å². The molecule has 0 saturated heterocycles. The van der Waals surface area contributed by atoms with Crippen molar-refractivity contribution in [1.82, 2.24) is 5.32 Å². The third-order valence-corrected chi connectivity index (χ3v) is 6.26. The minimum atomic E-state index is -4.67. The zero-order valence-corrected chi connectivity index (χ0v) is 17.1. The molecule has 0 unspecified atom stereocenters. The highest BCUT2D eigenvalue weighted by Crippen LogP contribution is 2.33. The van der Waals surface area contributed by atoms with E-state index in [1.165, 1.54) is 12.1 Å². The fourth-order valence-corrected chi connectivity index (χ4v) is 4.32. The van der Waals surface area contributed by atoms with E-state index >= 15 is 0 Å². The molecule has 0 saturated carbocycles. The predicted octanol–water partition coefficient (Wildman–Crippen LogP) is 3.93. The largest absolute Gasteiger partial charge is 0.455 e. The molecule has 2 heterocycles. The van der Waals surface area contributed by atoms with Gasteiger partial charge in [0.1, 0.15) is 11.5 Å². The quantitative estimate of drug-likeness (QED) is 0.590. The minimum absolute atomic E-state index is 0.0735. The number of benzene rings is 2. The number of hydrogen-bond donors (Lipinski definition) is 1. The van der Waals surface area contributed by atoms with Crippen LogP contribution in [0.4, 0.5) is 13.2 Å².